The molecule has 21 heavy (non-hydrogen) atoms. The second-order valence-corrected chi connectivity index (χ2v) is 4.12. The van der Waals surface area contributed by atoms with Gasteiger partial charge in [-0.3, -0.25) is 4.79 Å². The summed E-state index contributed by atoms with van der Waals surface area (Å²) in [6, 6.07) is 17.4. The van der Waals surface area contributed by atoms with Crippen LogP contribution in [0.5, 0.6) is 0 Å². The molecule has 0 spiro atoms. The van der Waals surface area contributed by atoms with Crippen LogP contribution in [-0.4, -0.2) is 24.7 Å². The summed E-state index contributed by atoms with van der Waals surface area (Å²) in [5, 5.41) is 3.88. The van der Waals surface area contributed by atoms with E-state index in [2.05, 4.69) is 15.3 Å². The Balaban J connectivity index is 2.22. The molecule has 2 aromatic carbocycles. The molecular weight excluding hydrogens is 268 g/mol. The van der Waals surface area contributed by atoms with E-state index >= 15 is 0 Å². The summed E-state index contributed by atoms with van der Waals surface area (Å²) in [5.41, 5.74) is 3.43. The average Bonchev–Trinajstić information content (AvgIpc) is 2.56. The van der Waals surface area contributed by atoms with Crippen molar-refractivity contribution < 1.29 is 14.3 Å². The first-order valence-electron chi connectivity index (χ1n) is 6.29. The van der Waals surface area contributed by atoms with E-state index in [1.54, 1.807) is 48.5 Å². The highest BCUT2D eigenvalue weighted by Gasteiger charge is 2.15. The van der Waals surface area contributed by atoms with Crippen molar-refractivity contribution in [3.63, 3.8) is 0 Å². The molecule has 0 fully saturated rings. The molecule has 0 radical (unpaired) electrons. The van der Waals surface area contributed by atoms with Crippen LogP contribution in [0.15, 0.2) is 65.8 Å². The van der Waals surface area contributed by atoms with Crippen molar-refractivity contribution >= 4 is 17.6 Å². The number of hydrogen-bond acceptors (Lipinski definition) is 4. The number of nitrogens with zero attached hydrogens (tertiary/aromatic N) is 1. The van der Waals surface area contributed by atoms with E-state index in [0.29, 0.717) is 11.1 Å². The molecule has 0 saturated carbocycles. The van der Waals surface area contributed by atoms with Crippen LogP contribution in [0.3, 0.4) is 0 Å². The number of nitrogens with one attached hydrogen (secondary N) is 1. The number of esters is 1. The zero-order valence-corrected chi connectivity index (χ0v) is 11.4. The Bertz CT molecular complexity index is 652. The Morgan fingerprint density at radius 3 is 1.95 bits per heavy atom. The van der Waals surface area contributed by atoms with Crippen molar-refractivity contribution in [1.29, 1.82) is 0 Å². The fraction of sp³-hybridized carbons (Fsp3) is 0.0625. The van der Waals surface area contributed by atoms with E-state index in [4.69, 9.17) is 0 Å². The number of carbonyl (C=O) groups is 2. The summed E-state index contributed by atoms with van der Waals surface area (Å²) < 4.78 is 4.68. The normalized spacial score (nSPS) is 10.8. The van der Waals surface area contributed by atoms with Gasteiger partial charge in [-0.25, -0.2) is 10.2 Å². The molecule has 0 aromatic heterocycles. The molecule has 2 rings (SSSR count). The highest BCUT2D eigenvalue weighted by atomic mass is 16.5. The molecule has 0 heterocycles. The third-order valence-corrected chi connectivity index (χ3v) is 2.73. The summed E-state index contributed by atoms with van der Waals surface area (Å²) >= 11 is 0. The number of hydrogen-bond donors (Lipinski definition) is 1. The lowest BCUT2D eigenvalue weighted by Crippen LogP contribution is -2.25. The second-order valence-electron chi connectivity index (χ2n) is 4.12. The second kappa shape index (κ2) is 7.00. The number of carbonyl (C=O) groups excluding carboxylic acids is 2. The smallest absolute Gasteiger partial charge is 0.359 e. The molecular formula is C16H14N2O3. The fourth-order valence-electron chi connectivity index (χ4n) is 1.68. The van der Waals surface area contributed by atoms with Gasteiger partial charge in [-0.2, -0.15) is 5.10 Å². The molecule has 0 aliphatic heterocycles. The number of hydrazone groups is 1. The molecule has 0 unspecified atom stereocenters. The zero-order chi connectivity index (χ0) is 15.1. The molecule has 0 saturated heterocycles. The Hall–Kier alpha value is -2.95. The largest absolute Gasteiger partial charge is 0.464 e. The number of amides is 1. The topological polar surface area (TPSA) is 67.8 Å². The highest BCUT2D eigenvalue weighted by molar-refractivity contribution is 6.43. The first kappa shape index (κ1) is 14.5. The predicted octanol–water partition coefficient (Wildman–Crippen LogP) is 1.99. The van der Waals surface area contributed by atoms with E-state index < -0.39 is 11.9 Å². The molecule has 1 N–H and O–H groups in total. The van der Waals surface area contributed by atoms with Gasteiger partial charge < -0.3 is 4.74 Å². The van der Waals surface area contributed by atoms with Gasteiger partial charge in [-0.1, -0.05) is 48.5 Å². The lowest BCUT2D eigenvalue weighted by atomic mass is 10.1. The molecule has 5 nitrogen and oxygen atoms in total. The first-order chi connectivity index (χ1) is 10.2. The van der Waals surface area contributed by atoms with E-state index in [0.717, 1.165) is 0 Å². The van der Waals surface area contributed by atoms with Crippen LogP contribution in [0.4, 0.5) is 0 Å². The summed E-state index contributed by atoms with van der Waals surface area (Å²) in [4.78, 5) is 23.7. The fourth-order valence-corrected chi connectivity index (χ4v) is 1.68. The number of ether oxygens (including phenoxy) is 1. The van der Waals surface area contributed by atoms with Gasteiger partial charge in [-0.05, 0) is 12.1 Å². The molecule has 0 bridgehead atoms. The number of methoxy groups -OCH3 is 1. The minimum atomic E-state index is -0.616. The summed E-state index contributed by atoms with van der Waals surface area (Å²) in [6.45, 7) is 0. The van der Waals surface area contributed by atoms with E-state index in [1.165, 1.54) is 7.11 Å². The van der Waals surface area contributed by atoms with Crippen molar-refractivity contribution in [3.05, 3.63) is 71.8 Å². The van der Waals surface area contributed by atoms with E-state index in [-0.39, 0.29) is 5.71 Å². The number of rotatable bonds is 4. The maximum atomic E-state index is 11.9. The third kappa shape index (κ3) is 3.76. The van der Waals surface area contributed by atoms with Gasteiger partial charge in [0.25, 0.3) is 5.91 Å². The van der Waals surface area contributed by atoms with Gasteiger partial charge in [-0.15, -0.1) is 0 Å². The van der Waals surface area contributed by atoms with Crippen LogP contribution in [0.1, 0.15) is 15.9 Å². The minimum Gasteiger partial charge on any atom is -0.464 e. The van der Waals surface area contributed by atoms with Crippen LogP contribution in [-0.2, 0) is 9.53 Å². The third-order valence-electron chi connectivity index (χ3n) is 2.73. The molecule has 0 aliphatic carbocycles. The van der Waals surface area contributed by atoms with Crippen LogP contribution in [0.25, 0.3) is 0 Å². The Morgan fingerprint density at radius 1 is 0.905 bits per heavy atom. The summed E-state index contributed by atoms with van der Waals surface area (Å²) in [5.74, 6) is -1.01. The predicted molar refractivity (Wildman–Crippen MR) is 78.9 cm³/mol. The van der Waals surface area contributed by atoms with Crippen LogP contribution in [0, 0.1) is 0 Å². The lowest BCUT2D eigenvalue weighted by molar-refractivity contribution is -0.132. The van der Waals surface area contributed by atoms with Gasteiger partial charge in [0.2, 0.25) is 0 Å². The average molecular weight is 282 g/mol. The summed E-state index contributed by atoms with van der Waals surface area (Å²) in [7, 11) is 1.26. The van der Waals surface area contributed by atoms with Crippen molar-refractivity contribution in [2.24, 2.45) is 5.10 Å². The van der Waals surface area contributed by atoms with Gasteiger partial charge in [0.05, 0.1) is 7.11 Å². The van der Waals surface area contributed by atoms with Gasteiger partial charge >= 0.3 is 5.97 Å². The monoisotopic (exact) mass is 282 g/mol. The molecule has 106 valence electrons. The quantitative estimate of drug-likeness (QED) is 0.530. The van der Waals surface area contributed by atoms with Crippen molar-refractivity contribution in [2.45, 2.75) is 0 Å². The van der Waals surface area contributed by atoms with Crippen LogP contribution >= 0.6 is 0 Å². The van der Waals surface area contributed by atoms with E-state index in [1.807, 2.05) is 12.1 Å². The van der Waals surface area contributed by atoms with Crippen molar-refractivity contribution in [1.82, 2.24) is 5.43 Å². The Labute approximate surface area is 122 Å². The van der Waals surface area contributed by atoms with Gasteiger partial charge in [0, 0.05) is 11.1 Å². The molecule has 1 amide bonds. The zero-order valence-electron chi connectivity index (χ0n) is 11.4. The van der Waals surface area contributed by atoms with Crippen LogP contribution in [0.2, 0.25) is 0 Å². The molecule has 0 aliphatic rings. The maximum Gasteiger partial charge on any atom is 0.359 e. The Kier molecular flexibility index (Phi) is 4.82. The van der Waals surface area contributed by atoms with Crippen LogP contribution < -0.4 is 5.43 Å². The SMILES string of the molecule is COC(=O)/C(=N\NC(=O)c1ccccc1)c1ccccc1. The lowest BCUT2D eigenvalue weighted by Gasteiger charge is -2.05. The standard InChI is InChI=1S/C16H14N2O3/c1-21-16(20)14(12-8-4-2-5-9-12)17-18-15(19)13-10-6-3-7-11-13/h2-11H,1H3,(H,18,19)/b17-14-. The van der Waals surface area contributed by atoms with Gasteiger partial charge in [0.1, 0.15) is 0 Å². The number of benzene rings is 2. The van der Waals surface area contributed by atoms with E-state index in [9.17, 15) is 9.59 Å². The summed E-state index contributed by atoms with van der Waals surface area (Å²) in [6.07, 6.45) is 0. The molecule has 2 aromatic rings. The van der Waals surface area contributed by atoms with Crippen molar-refractivity contribution in [3.8, 4) is 0 Å². The highest BCUT2D eigenvalue weighted by Crippen LogP contribution is 2.03. The molecule has 5 heteroatoms. The first-order valence-corrected chi connectivity index (χ1v) is 6.29. The Morgan fingerprint density at radius 2 is 1.43 bits per heavy atom. The van der Waals surface area contributed by atoms with Crippen molar-refractivity contribution in [2.75, 3.05) is 7.11 Å². The van der Waals surface area contributed by atoms with Gasteiger partial charge in [0.15, 0.2) is 5.71 Å². The molecule has 0 atom stereocenters. The maximum absolute atomic E-state index is 11.9. The minimum absolute atomic E-state index is 0.0439.